The number of fused-ring (bicyclic) bond motifs is 1. The van der Waals surface area contributed by atoms with E-state index in [-0.39, 0.29) is 16.2 Å². The molecule has 154 valence electrons. The van der Waals surface area contributed by atoms with Gasteiger partial charge in [-0.05, 0) is 41.4 Å². The van der Waals surface area contributed by atoms with Gasteiger partial charge < -0.3 is 14.4 Å². The summed E-state index contributed by atoms with van der Waals surface area (Å²) in [5.74, 6) is -2.56. The van der Waals surface area contributed by atoms with Crippen LogP contribution in [0.5, 0.6) is 11.5 Å². The molecule has 0 fully saturated rings. The molecule has 0 radical (unpaired) electrons. The first-order valence-corrected chi connectivity index (χ1v) is 8.40. The maximum atomic E-state index is 13.5. The first kappa shape index (κ1) is 12.8. The van der Waals surface area contributed by atoms with Gasteiger partial charge in [-0.3, -0.25) is 4.79 Å². The van der Waals surface area contributed by atoms with Crippen LogP contribution >= 0.6 is 0 Å². The fraction of sp³-hybridized carbons (Fsp3) is 0.190. The number of ether oxygens (including phenoxy) is 2. The molecule has 2 heterocycles. The molecule has 4 rings (SSSR count). The molecular formula is C21H16F3N3O3. The molecule has 6 nitrogen and oxygen atoms in total. The zero-order valence-electron chi connectivity index (χ0n) is 21.9. The lowest BCUT2D eigenvalue weighted by molar-refractivity contribution is -0.274. The second-order valence-corrected chi connectivity index (χ2v) is 5.88. The van der Waals surface area contributed by atoms with Gasteiger partial charge in [0.15, 0.2) is 0 Å². The quantitative estimate of drug-likeness (QED) is 0.634. The van der Waals surface area contributed by atoms with E-state index < -0.39 is 61.8 Å². The van der Waals surface area contributed by atoms with Gasteiger partial charge in [0.2, 0.25) is 0 Å². The summed E-state index contributed by atoms with van der Waals surface area (Å²) < 4.78 is 103. The zero-order valence-corrected chi connectivity index (χ0v) is 14.9. The van der Waals surface area contributed by atoms with Crippen molar-refractivity contribution in [1.29, 1.82) is 0 Å². The Labute approximate surface area is 179 Å². The van der Waals surface area contributed by atoms with E-state index in [9.17, 15) is 18.0 Å². The van der Waals surface area contributed by atoms with E-state index in [4.69, 9.17) is 14.3 Å². The third kappa shape index (κ3) is 4.51. The predicted molar refractivity (Wildman–Crippen MR) is 101 cm³/mol. The van der Waals surface area contributed by atoms with Crippen LogP contribution in [0.1, 0.15) is 25.8 Å². The Morgan fingerprint density at radius 2 is 1.87 bits per heavy atom. The number of hydrogen-bond acceptors (Lipinski definition) is 5. The number of hydrogen-bond donors (Lipinski definition) is 0. The van der Waals surface area contributed by atoms with Gasteiger partial charge in [-0.2, -0.15) is 0 Å². The highest BCUT2D eigenvalue weighted by Crippen LogP contribution is 2.31. The summed E-state index contributed by atoms with van der Waals surface area (Å²) >= 11 is 0. The second kappa shape index (κ2) is 8.02. The Bertz CT molecular complexity index is 1350. The van der Waals surface area contributed by atoms with Crippen molar-refractivity contribution in [3.63, 3.8) is 0 Å². The van der Waals surface area contributed by atoms with Crippen molar-refractivity contribution < 1.29 is 37.0 Å². The summed E-state index contributed by atoms with van der Waals surface area (Å²) in [6.45, 7) is -6.60. The van der Waals surface area contributed by atoms with Crippen LogP contribution in [0.2, 0.25) is 0 Å². The summed E-state index contributed by atoms with van der Waals surface area (Å²) in [6, 6.07) is 8.18. The van der Waals surface area contributed by atoms with Gasteiger partial charge in [0, 0.05) is 12.3 Å². The number of aromatic nitrogens is 2. The van der Waals surface area contributed by atoms with Crippen LogP contribution in [0.25, 0.3) is 11.1 Å². The lowest BCUT2D eigenvalue weighted by atomic mass is 10.0. The van der Waals surface area contributed by atoms with Crippen LogP contribution in [-0.4, -0.2) is 40.2 Å². The van der Waals surface area contributed by atoms with Crippen molar-refractivity contribution in [2.75, 3.05) is 13.1 Å². The van der Waals surface area contributed by atoms with Crippen molar-refractivity contribution in [3.8, 4) is 22.6 Å². The molecule has 0 aliphatic carbocycles. The van der Waals surface area contributed by atoms with Gasteiger partial charge in [0.25, 0.3) is 5.91 Å². The highest BCUT2D eigenvalue weighted by atomic mass is 19.4. The van der Waals surface area contributed by atoms with E-state index in [0.717, 1.165) is 12.1 Å². The first-order valence-electron chi connectivity index (χ1n) is 11.9. The van der Waals surface area contributed by atoms with Crippen LogP contribution in [0, 0.1) is 0 Å². The SMILES string of the molecule is [2H]c1nc(C([2H])([2H])N2C(=O)c3cc(-c4ccc(OC(F)(F)F)cc4)ccc3OCC2([2H])[2H])nc([2H])c1[2H]. The van der Waals surface area contributed by atoms with Gasteiger partial charge >= 0.3 is 6.36 Å². The molecule has 0 bridgehead atoms. The Morgan fingerprint density at radius 1 is 1.17 bits per heavy atom. The number of carbonyl (C=O) groups is 1. The van der Waals surface area contributed by atoms with Crippen molar-refractivity contribution >= 4 is 5.91 Å². The molecule has 3 aromatic rings. The minimum absolute atomic E-state index is 0.0715. The monoisotopic (exact) mass is 422 g/mol. The van der Waals surface area contributed by atoms with Crippen molar-refractivity contribution in [1.82, 2.24) is 14.9 Å². The van der Waals surface area contributed by atoms with Crippen LogP contribution in [0.4, 0.5) is 13.2 Å². The second-order valence-electron chi connectivity index (χ2n) is 5.88. The Kier molecular flexibility index (Phi) is 3.43. The van der Waals surface area contributed by atoms with E-state index in [2.05, 4.69) is 14.7 Å². The third-order valence-electron chi connectivity index (χ3n) is 3.93. The van der Waals surface area contributed by atoms with Gasteiger partial charge in [-0.15, -0.1) is 13.2 Å². The number of halogens is 3. The van der Waals surface area contributed by atoms with Crippen LogP contribution in [0.3, 0.4) is 0 Å². The molecule has 1 aliphatic heterocycles. The summed E-state index contributed by atoms with van der Waals surface area (Å²) in [5.41, 5.74) is 0.445. The van der Waals surface area contributed by atoms with Crippen LogP contribution in [0.15, 0.2) is 60.9 Å². The molecule has 0 saturated heterocycles. The topological polar surface area (TPSA) is 64.6 Å². The standard InChI is InChI=1S/C21H16F3N3O3/c22-21(23,24)30-16-5-2-14(3-6-16)15-4-7-18-17(12-15)20(28)27(10-11-29-18)13-19-25-8-1-9-26-19/h1-9,12H,10-11,13H2/i1D,8D,9D,10D2,13D2. The lowest BCUT2D eigenvalue weighted by Crippen LogP contribution is -2.32. The first-order chi connectivity index (χ1) is 17.1. The van der Waals surface area contributed by atoms with E-state index in [1.165, 1.54) is 30.3 Å². The predicted octanol–water partition coefficient (Wildman–Crippen LogP) is 4.08. The van der Waals surface area contributed by atoms with Crippen LogP contribution < -0.4 is 9.47 Å². The average Bonchev–Trinajstić information content (AvgIpc) is 2.89. The maximum Gasteiger partial charge on any atom is 0.573 e. The molecule has 0 N–H and O–H groups in total. The van der Waals surface area contributed by atoms with E-state index in [1.54, 1.807) is 0 Å². The van der Waals surface area contributed by atoms with Crippen molar-refractivity contribution in [2.24, 2.45) is 0 Å². The van der Waals surface area contributed by atoms with Crippen molar-refractivity contribution in [3.05, 3.63) is 72.2 Å². The molecule has 0 saturated carbocycles. The van der Waals surface area contributed by atoms with Gasteiger partial charge in [-0.25, -0.2) is 9.97 Å². The number of carbonyl (C=O) groups excluding carboxylic acids is 1. The molecule has 1 aliphatic rings. The van der Waals surface area contributed by atoms with Gasteiger partial charge in [-0.1, -0.05) is 18.2 Å². The van der Waals surface area contributed by atoms with Gasteiger partial charge in [0.05, 0.1) is 28.2 Å². The van der Waals surface area contributed by atoms with E-state index in [0.29, 0.717) is 11.1 Å². The molecular weight excluding hydrogens is 399 g/mol. The average molecular weight is 422 g/mol. The molecule has 1 amide bonds. The largest absolute Gasteiger partial charge is 0.573 e. The molecule has 0 atom stereocenters. The Morgan fingerprint density at radius 3 is 2.57 bits per heavy atom. The summed E-state index contributed by atoms with van der Waals surface area (Å²) in [5, 5.41) is 0. The Balaban J connectivity index is 1.76. The van der Waals surface area contributed by atoms with Gasteiger partial charge in [0.1, 0.15) is 23.9 Å². The molecule has 0 unspecified atom stereocenters. The molecule has 2 aromatic carbocycles. The fourth-order valence-corrected chi connectivity index (χ4v) is 2.67. The maximum absolute atomic E-state index is 13.5. The van der Waals surface area contributed by atoms with E-state index >= 15 is 0 Å². The normalized spacial score (nSPS) is 19.5. The van der Waals surface area contributed by atoms with Crippen LogP contribution in [-0.2, 0) is 6.50 Å². The smallest absolute Gasteiger partial charge is 0.491 e. The summed E-state index contributed by atoms with van der Waals surface area (Å²) in [7, 11) is 0. The molecule has 30 heavy (non-hydrogen) atoms. The highest BCUT2D eigenvalue weighted by Gasteiger charge is 2.31. The van der Waals surface area contributed by atoms with E-state index in [1.807, 2.05) is 0 Å². The fourth-order valence-electron chi connectivity index (χ4n) is 2.67. The zero-order chi connectivity index (χ0) is 27.3. The summed E-state index contributed by atoms with van der Waals surface area (Å²) in [4.78, 5) is 20.8. The third-order valence-corrected chi connectivity index (χ3v) is 3.93. The minimum atomic E-state index is -4.87. The number of alkyl halides is 3. The number of benzene rings is 2. The lowest BCUT2D eigenvalue weighted by Gasteiger charge is -2.19. The minimum Gasteiger partial charge on any atom is -0.491 e. The number of nitrogens with zero attached hydrogens (tertiary/aromatic N) is 3. The molecule has 9 heteroatoms. The molecule has 1 aromatic heterocycles. The van der Waals surface area contributed by atoms with Crippen molar-refractivity contribution in [2.45, 2.75) is 12.9 Å². The number of rotatable bonds is 4. The summed E-state index contributed by atoms with van der Waals surface area (Å²) in [6.07, 6.45) is -6.43. The highest BCUT2D eigenvalue weighted by molar-refractivity contribution is 5.98. The number of amides is 1. The molecule has 0 spiro atoms. The Hall–Kier alpha value is -3.62.